The summed E-state index contributed by atoms with van der Waals surface area (Å²) in [7, 11) is -1.60. The number of amides is 2. The number of sulfonamides is 1. The number of nitrogens with one attached hydrogen (secondary N) is 1. The molecule has 4 aromatic carbocycles. The van der Waals surface area contributed by atoms with Gasteiger partial charge in [0.15, 0.2) is 11.5 Å². The number of ether oxygens (including phenoxy) is 2. The fourth-order valence-corrected chi connectivity index (χ4v) is 7.74. The summed E-state index contributed by atoms with van der Waals surface area (Å²) in [4.78, 5) is 30.4. The first-order valence-corrected chi connectivity index (χ1v) is 18.2. The molecule has 1 N–H and O–H groups in total. The Bertz CT molecular complexity index is 1860. The Morgan fingerprint density at radius 3 is 2.18 bits per heavy atom. The standard InChI is InChI=1S/C39H44FN3O6S/c1-28-12-10-11-15-30(28)26-42(35(24-29-13-6-4-7-14-29)39(45)41-32-16-8-5-9-17-32)38(44)27-43(33-20-18-31(40)19-21-33)50(46,47)34-22-23-36(48-2)37(25-34)49-3/h4,6-7,10-15,18-23,25,32,35H,5,8-9,16-17,24,26-27H2,1-3H3,(H,41,45)/t35-/m0/s1. The maximum absolute atomic E-state index is 14.8. The molecule has 0 heterocycles. The molecule has 0 aromatic heterocycles. The van der Waals surface area contributed by atoms with E-state index in [0.717, 1.165) is 65.2 Å². The van der Waals surface area contributed by atoms with Gasteiger partial charge in [0.05, 0.1) is 24.8 Å². The lowest BCUT2D eigenvalue weighted by Gasteiger charge is -2.35. The summed E-state index contributed by atoms with van der Waals surface area (Å²) in [6.45, 7) is 1.34. The van der Waals surface area contributed by atoms with Gasteiger partial charge in [-0.15, -0.1) is 0 Å². The van der Waals surface area contributed by atoms with E-state index in [4.69, 9.17) is 9.47 Å². The van der Waals surface area contributed by atoms with Crippen molar-refractivity contribution in [1.29, 1.82) is 0 Å². The second-order valence-electron chi connectivity index (χ2n) is 12.5. The number of carbonyl (C=O) groups excluding carboxylic acids is 2. The van der Waals surface area contributed by atoms with Crippen LogP contribution in [-0.4, -0.2) is 58.0 Å². The molecule has 0 unspecified atom stereocenters. The second-order valence-corrected chi connectivity index (χ2v) is 14.4. The summed E-state index contributed by atoms with van der Waals surface area (Å²) in [5.41, 5.74) is 2.68. The molecule has 1 saturated carbocycles. The second kappa shape index (κ2) is 16.7. The Kier molecular flexibility index (Phi) is 12.1. The zero-order chi connectivity index (χ0) is 35.7. The van der Waals surface area contributed by atoms with Crippen LogP contribution >= 0.6 is 0 Å². The van der Waals surface area contributed by atoms with Crippen molar-refractivity contribution < 1.29 is 31.9 Å². The van der Waals surface area contributed by atoms with Crippen LogP contribution < -0.4 is 19.1 Å². The predicted octanol–water partition coefficient (Wildman–Crippen LogP) is 6.44. The molecule has 1 atom stereocenters. The van der Waals surface area contributed by atoms with E-state index < -0.39 is 34.3 Å². The van der Waals surface area contributed by atoms with Crippen LogP contribution in [0.1, 0.15) is 48.8 Å². The fraction of sp³-hybridized carbons (Fsp3) is 0.333. The van der Waals surface area contributed by atoms with Gasteiger partial charge in [0.1, 0.15) is 18.4 Å². The molecule has 264 valence electrons. The molecule has 1 fully saturated rings. The molecule has 11 heteroatoms. The van der Waals surface area contributed by atoms with Crippen molar-refractivity contribution in [1.82, 2.24) is 10.2 Å². The molecule has 2 amide bonds. The highest BCUT2D eigenvalue weighted by molar-refractivity contribution is 7.92. The topological polar surface area (TPSA) is 105 Å². The molecule has 9 nitrogen and oxygen atoms in total. The first kappa shape index (κ1) is 36.4. The number of benzene rings is 4. The van der Waals surface area contributed by atoms with E-state index in [1.807, 2.05) is 61.5 Å². The Morgan fingerprint density at radius 2 is 1.52 bits per heavy atom. The van der Waals surface area contributed by atoms with Crippen LogP contribution in [0.25, 0.3) is 0 Å². The monoisotopic (exact) mass is 701 g/mol. The van der Waals surface area contributed by atoms with E-state index in [-0.39, 0.29) is 41.2 Å². The summed E-state index contributed by atoms with van der Waals surface area (Å²) in [6.07, 6.45) is 5.08. The molecule has 0 spiro atoms. The smallest absolute Gasteiger partial charge is 0.264 e. The molecule has 1 aliphatic carbocycles. The van der Waals surface area contributed by atoms with Crippen LogP contribution in [0.2, 0.25) is 0 Å². The van der Waals surface area contributed by atoms with Crippen LogP contribution in [0.4, 0.5) is 10.1 Å². The van der Waals surface area contributed by atoms with Crippen LogP contribution in [0.5, 0.6) is 11.5 Å². The highest BCUT2D eigenvalue weighted by Gasteiger charge is 2.36. The van der Waals surface area contributed by atoms with Gasteiger partial charge < -0.3 is 19.7 Å². The van der Waals surface area contributed by atoms with Crippen LogP contribution in [0.15, 0.2) is 102 Å². The third kappa shape index (κ3) is 8.81. The number of carbonyl (C=O) groups is 2. The Morgan fingerprint density at radius 1 is 0.860 bits per heavy atom. The number of rotatable bonds is 14. The maximum Gasteiger partial charge on any atom is 0.264 e. The molecule has 1 aliphatic rings. The van der Waals surface area contributed by atoms with Gasteiger partial charge in [-0.1, -0.05) is 73.9 Å². The van der Waals surface area contributed by atoms with Gasteiger partial charge in [-0.05, 0) is 72.9 Å². The highest BCUT2D eigenvalue weighted by atomic mass is 32.2. The van der Waals surface area contributed by atoms with Crippen molar-refractivity contribution in [2.45, 2.75) is 69.0 Å². The first-order chi connectivity index (χ1) is 24.1. The van der Waals surface area contributed by atoms with Crippen LogP contribution in [-0.2, 0) is 32.6 Å². The quantitative estimate of drug-likeness (QED) is 0.162. The number of anilines is 1. The summed E-state index contributed by atoms with van der Waals surface area (Å²) < 4.78 is 54.5. The zero-order valence-corrected chi connectivity index (χ0v) is 29.5. The maximum atomic E-state index is 14.8. The summed E-state index contributed by atoms with van der Waals surface area (Å²) in [5, 5.41) is 3.21. The molecular weight excluding hydrogens is 658 g/mol. The summed E-state index contributed by atoms with van der Waals surface area (Å²) in [6, 6.07) is 25.1. The zero-order valence-electron chi connectivity index (χ0n) is 28.7. The average Bonchev–Trinajstić information content (AvgIpc) is 3.13. The van der Waals surface area contributed by atoms with Gasteiger partial charge in [0.2, 0.25) is 11.8 Å². The molecule has 5 rings (SSSR count). The minimum absolute atomic E-state index is 0.00826. The van der Waals surface area contributed by atoms with E-state index in [9.17, 15) is 22.4 Å². The van der Waals surface area contributed by atoms with Crippen molar-refractivity contribution in [2.75, 3.05) is 25.1 Å². The summed E-state index contributed by atoms with van der Waals surface area (Å²) in [5.74, 6) is -0.942. The van der Waals surface area contributed by atoms with E-state index >= 15 is 0 Å². The van der Waals surface area contributed by atoms with E-state index in [0.29, 0.717) is 5.75 Å². The van der Waals surface area contributed by atoms with Crippen molar-refractivity contribution >= 4 is 27.5 Å². The largest absolute Gasteiger partial charge is 0.493 e. The van der Waals surface area contributed by atoms with Gasteiger partial charge in [-0.2, -0.15) is 0 Å². The minimum Gasteiger partial charge on any atom is -0.493 e. The number of methoxy groups -OCH3 is 2. The Labute approximate surface area is 294 Å². The Balaban J connectivity index is 1.58. The first-order valence-electron chi connectivity index (χ1n) is 16.8. The van der Waals surface area contributed by atoms with Crippen molar-refractivity contribution in [3.05, 3.63) is 120 Å². The molecule has 50 heavy (non-hydrogen) atoms. The fourth-order valence-electron chi connectivity index (χ4n) is 6.31. The van der Waals surface area contributed by atoms with Crippen molar-refractivity contribution in [3.8, 4) is 11.5 Å². The molecule has 0 aliphatic heterocycles. The molecular formula is C39H44FN3O6S. The van der Waals surface area contributed by atoms with Crippen LogP contribution in [0, 0.1) is 12.7 Å². The number of hydrogen-bond acceptors (Lipinski definition) is 6. The van der Waals surface area contributed by atoms with Gasteiger partial charge >= 0.3 is 0 Å². The SMILES string of the molecule is COc1ccc(S(=O)(=O)N(CC(=O)N(Cc2ccccc2C)[C@@H](Cc2ccccc2)C(=O)NC2CCCCC2)c2ccc(F)cc2)cc1OC. The van der Waals surface area contributed by atoms with Crippen molar-refractivity contribution in [2.24, 2.45) is 0 Å². The lowest BCUT2D eigenvalue weighted by molar-refractivity contribution is -0.140. The predicted molar refractivity (Wildman–Crippen MR) is 191 cm³/mol. The average molecular weight is 702 g/mol. The normalized spacial score (nSPS) is 14.0. The Hall–Kier alpha value is -4.90. The number of nitrogens with zero attached hydrogens (tertiary/aromatic N) is 2. The van der Waals surface area contributed by atoms with Crippen molar-refractivity contribution in [3.63, 3.8) is 0 Å². The summed E-state index contributed by atoms with van der Waals surface area (Å²) >= 11 is 0. The van der Waals surface area contributed by atoms with E-state index in [2.05, 4.69) is 5.32 Å². The lowest BCUT2D eigenvalue weighted by Crippen LogP contribution is -2.55. The molecule has 0 radical (unpaired) electrons. The molecule has 4 aromatic rings. The number of aryl methyl sites for hydroxylation is 1. The lowest BCUT2D eigenvalue weighted by atomic mass is 9.94. The van der Waals surface area contributed by atoms with Gasteiger partial charge in [-0.25, -0.2) is 12.8 Å². The molecule has 0 saturated heterocycles. The van der Waals surface area contributed by atoms with E-state index in [1.54, 1.807) is 0 Å². The van der Waals surface area contributed by atoms with Gasteiger partial charge in [0, 0.05) is 25.1 Å². The van der Waals surface area contributed by atoms with Crippen LogP contribution in [0.3, 0.4) is 0 Å². The number of hydrogen-bond donors (Lipinski definition) is 1. The number of halogens is 1. The molecule has 0 bridgehead atoms. The van der Waals surface area contributed by atoms with Gasteiger partial charge in [-0.3, -0.25) is 13.9 Å². The minimum atomic E-state index is -4.43. The highest BCUT2D eigenvalue weighted by Crippen LogP contribution is 2.33. The third-order valence-corrected chi connectivity index (χ3v) is 10.9. The third-order valence-electron chi connectivity index (χ3n) is 9.16. The van der Waals surface area contributed by atoms with Gasteiger partial charge in [0.25, 0.3) is 10.0 Å². The van der Waals surface area contributed by atoms with E-state index in [1.165, 1.54) is 49.5 Å².